The lowest BCUT2D eigenvalue weighted by atomic mass is 10.3. The van der Waals surface area contributed by atoms with Gasteiger partial charge in [0.1, 0.15) is 11.6 Å². The zero-order valence-electron chi connectivity index (χ0n) is 9.72. The van der Waals surface area contributed by atoms with Gasteiger partial charge in [0.15, 0.2) is 4.77 Å². The Hall–Kier alpha value is -1.62. The second-order valence-electron chi connectivity index (χ2n) is 3.60. The molecule has 0 amide bonds. The number of nitrogens with zero attached hydrogens (tertiary/aromatic N) is 2. The summed E-state index contributed by atoms with van der Waals surface area (Å²) < 4.78 is 8.26. The first-order valence-corrected chi connectivity index (χ1v) is 6.04. The van der Waals surface area contributed by atoms with Crippen molar-refractivity contribution in [2.75, 3.05) is 6.61 Å². The third-order valence-electron chi connectivity index (χ3n) is 2.49. The summed E-state index contributed by atoms with van der Waals surface area (Å²) >= 11 is 5.12. The molecule has 5 heteroatoms. The number of H-pyrrole nitrogens is 1. The summed E-state index contributed by atoms with van der Waals surface area (Å²) in [6.07, 6.45) is 0.746. The Morgan fingerprint density at radius 1 is 1.35 bits per heavy atom. The minimum atomic E-state index is 0.601. The molecule has 0 saturated heterocycles. The largest absolute Gasteiger partial charge is 0.493 e. The van der Waals surface area contributed by atoms with Gasteiger partial charge in [0, 0.05) is 13.0 Å². The summed E-state index contributed by atoms with van der Waals surface area (Å²) in [5, 5.41) is 6.98. The first-order chi connectivity index (χ1) is 8.31. The standard InChI is InChI=1S/C12H15N3OS/c1-2-15-11(13-14-12(15)17)8-9-16-10-6-4-3-5-7-10/h3-7H,2,8-9H2,1H3,(H,14,17). The molecule has 0 aliphatic rings. The van der Waals surface area contributed by atoms with E-state index in [1.807, 2.05) is 41.8 Å². The highest BCUT2D eigenvalue weighted by molar-refractivity contribution is 7.71. The predicted molar refractivity (Wildman–Crippen MR) is 68.7 cm³/mol. The molecule has 4 nitrogen and oxygen atoms in total. The van der Waals surface area contributed by atoms with Crippen molar-refractivity contribution in [2.24, 2.45) is 0 Å². The van der Waals surface area contributed by atoms with E-state index in [4.69, 9.17) is 17.0 Å². The zero-order valence-corrected chi connectivity index (χ0v) is 10.5. The minimum Gasteiger partial charge on any atom is -0.493 e. The fourth-order valence-electron chi connectivity index (χ4n) is 1.64. The molecule has 0 spiro atoms. The quantitative estimate of drug-likeness (QED) is 0.828. The highest BCUT2D eigenvalue weighted by atomic mass is 32.1. The van der Waals surface area contributed by atoms with Crippen LogP contribution in [0, 0.1) is 4.77 Å². The molecule has 2 aromatic rings. The molecule has 1 heterocycles. The summed E-state index contributed by atoms with van der Waals surface area (Å²) in [7, 11) is 0. The fourth-order valence-corrected chi connectivity index (χ4v) is 1.92. The van der Waals surface area contributed by atoms with Crippen LogP contribution in [0.5, 0.6) is 5.75 Å². The van der Waals surface area contributed by atoms with Crippen molar-refractivity contribution in [1.82, 2.24) is 14.8 Å². The maximum absolute atomic E-state index is 5.62. The number of ether oxygens (including phenoxy) is 1. The van der Waals surface area contributed by atoms with Crippen LogP contribution in [0.2, 0.25) is 0 Å². The number of para-hydroxylation sites is 1. The van der Waals surface area contributed by atoms with Gasteiger partial charge in [-0.15, -0.1) is 0 Å². The van der Waals surface area contributed by atoms with E-state index >= 15 is 0 Å². The maximum Gasteiger partial charge on any atom is 0.195 e. The second-order valence-corrected chi connectivity index (χ2v) is 3.99. The monoisotopic (exact) mass is 249 g/mol. The van der Waals surface area contributed by atoms with E-state index in [1.54, 1.807) is 0 Å². The number of benzene rings is 1. The van der Waals surface area contributed by atoms with Crippen LogP contribution in [-0.2, 0) is 13.0 Å². The zero-order chi connectivity index (χ0) is 12.1. The van der Waals surface area contributed by atoms with E-state index in [-0.39, 0.29) is 0 Å². The van der Waals surface area contributed by atoms with Gasteiger partial charge in [-0.3, -0.25) is 5.10 Å². The highest BCUT2D eigenvalue weighted by Gasteiger charge is 2.04. The van der Waals surface area contributed by atoms with Gasteiger partial charge in [-0.05, 0) is 31.3 Å². The molecule has 0 bridgehead atoms. The van der Waals surface area contributed by atoms with E-state index in [1.165, 1.54) is 0 Å². The van der Waals surface area contributed by atoms with Crippen molar-refractivity contribution in [3.63, 3.8) is 0 Å². The number of hydrogen-bond acceptors (Lipinski definition) is 3. The van der Waals surface area contributed by atoms with Gasteiger partial charge in [0.25, 0.3) is 0 Å². The molecule has 1 aromatic carbocycles. The lowest BCUT2D eigenvalue weighted by molar-refractivity contribution is 0.316. The van der Waals surface area contributed by atoms with E-state index in [2.05, 4.69) is 10.2 Å². The topological polar surface area (TPSA) is 42.8 Å². The molecular weight excluding hydrogens is 234 g/mol. The Morgan fingerprint density at radius 3 is 2.82 bits per heavy atom. The maximum atomic E-state index is 5.62. The third kappa shape index (κ3) is 2.94. The van der Waals surface area contributed by atoms with Crippen molar-refractivity contribution >= 4 is 12.2 Å². The van der Waals surface area contributed by atoms with E-state index in [0.717, 1.165) is 24.5 Å². The number of aromatic nitrogens is 3. The first-order valence-electron chi connectivity index (χ1n) is 5.63. The molecule has 0 fully saturated rings. The van der Waals surface area contributed by atoms with Crippen LogP contribution in [-0.4, -0.2) is 21.4 Å². The van der Waals surface area contributed by atoms with Gasteiger partial charge in [-0.25, -0.2) is 0 Å². The number of rotatable bonds is 5. The lowest BCUT2D eigenvalue weighted by Crippen LogP contribution is -2.08. The van der Waals surface area contributed by atoms with Crippen LogP contribution in [0.25, 0.3) is 0 Å². The number of hydrogen-bond donors (Lipinski definition) is 1. The van der Waals surface area contributed by atoms with Gasteiger partial charge in [0.2, 0.25) is 0 Å². The number of nitrogens with one attached hydrogen (secondary N) is 1. The van der Waals surface area contributed by atoms with Crippen molar-refractivity contribution in [3.05, 3.63) is 40.9 Å². The van der Waals surface area contributed by atoms with Crippen molar-refractivity contribution < 1.29 is 4.74 Å². The Kier molecular flexibility index (Phi) is 3.93. The Morgan fingerprint density at radius 2 is 2.12 bits per heavy atom. The molecule has 1 N–H and O–H groups in total. The SMILES string of the molecule is CCn1c(CCOc2ccccc2)n[nH]c1=S. The van der Waals surface area contributed by atoms with E-state index in [0.29, 0.717) is 11.4 Å². The fraction of sp³-hybridized carbons (Fsp3) is 0.333. The van der Waals surface area contributed by atoms with Crippen LogP contribution in [0.4, 0.5) is 0 Å². The average molecular weight is 249 g/mol. The van der Waals surface area contributed by atoms with Crippen LogP contribution in [0.15, 0.2) is 30.3 Å². The molecule has 1 aromatic heterocycles. The summed E-state index contributed by atoms with van der Waals surface area (Å²) in [6.45, 7) is 3.48. The van der Waals surface area contributed by atoms with Crippen molar-refractivity contribution in [2.45, 2.75) is 19.9 Å². The van der Waals surface area contributed by atoms with Crippen LogP contribution >= 0.6 is 12.2 Å². The van der Waals surface area contributed by atoms with Crippen molar-refractivity contribution in [3.8, 4) is 5.75 Å². The van der Waals surface area contributed by atoms with Gasteiger partial charge >= 0.3 is 0 Å². The van der Waals surface area contributed by atoms with Crippen LogP contribution in [0.3, 0.4) is 0 Å². The Balaban J connectivity index is 1.92. The van der Waals surface area contributed by atoms with Gasteiger partial charge < -0.3 is 9.30 Å². The Labute approximate surface area is 105 Å². The molecule has 90 valence electrons. The molecule has 0 atom stereocenters. The van der Waals surface area contributed by atoms with Crippen molar-refractivity contribution in [1.29, 1.82) is 0 Å². The molecular formula is C12H15N3OS. The normalized spacial score (nSPS) is 10.4. The minimum absolute atomic E-state index is 0.601. The average Bonchev–Trinajstić information content (AvgIpc) is 2.71. The summed E-state index contributed by atoms with van der Waals surface area (Å²) in [5.74, 6) is 1.82. The molecule has 0 radical (unpaired) electrons. The first kappa shape index (κ1) is 11.9. The number of aromatic amines is 1. The molecule has 17 heavy (non-hydrogen) atoms. The molecule has 0 aliphatic carbocycles. The summed E-state index contributed by atoms with van der Waals surface area (Å²) in [4.78, 5) is 0. The Bertz CT molecular complexity index is 518. The summed E-state index contributed by atoms with van der Waals surface area (Å²) in [6, 6.07) is 9.76. The van der Waals surface area contributed by atoms with Gasteiger partial charge in [-0.2, -0.15) is 5.10 Å². The lowest BCUT2D eigenvalue weighted by Gasteiger charge is -2.06. The molecule has 0 unspecified atom stereocenters. The highest BCUT2D eigenvalue weighted by Crippen LogP contribution is 2.09. The van der Waals surface area contributed by atoms with Crippen LogP contribution in [0.1, 0.15) is 12.7 Å². The molecule has 0 saturated carbocycles. The molecule has 0 aliphatic heterocycles. The third-order valence-corrected chi connectivity index (χ3v) is 2.80. The second kappa shape index (κ2) is 5.63. The smallest absolute Gasteiger partial charge is 0.195 e. The van der Waals surface area contributed by atoms with Crippen LogP contribution < -0.4 is 4.74 Å². The predicted octanol–water partition coefficient (Wildman–Crippen LogP) is 2.58. The molecule has 2 rings (SSSR count). The van der Waals surface area contributed by atoms with E-state index in [9.17, 15) is 0 Å². The van der Waals surface area contributed by atoms with E-state index < -0.39 is 0 Å². The van der Waals surface area contributed by atoms with Gasteiger partial charge in [-0.1, -0.05) is 18.2 Å². The van der Waals surface area contributed by atoms with Gasteiger partial charge in [0.05, 0.1) is 6.61 Å². The summed E-state index contributed by atoms with van der Waals surface area (Å²) in [5.41, 5.74) is 0.